The lowest BCUT2D eigenvalue weighted by atomic mass is 10.3. The number of hydrogen-bond acceptors (Lipinski definition) is 4. The quantitative estimate of drug-likeness (QED) is 0.613. The van der Waals surface area contributed by atoms with E-state index >= 15 is 0 Å². The molecule has 1 amide bonds. The van der Waals surface area contributed by atoms with Crippen molar-refractivity contribution in [3.05, 3.63) is 0 Å². The van der Waals surface area contributed by atoms with Gasteiger partial charge in [0, 0.05) is 13.1 Å². The van der Waals surface area contributed by atoms with Crippen molar-refractivity contribution in [2.24, 2.45) is 5.73 Å². The summed E-state index contributed by atoms with van der Waals surface area (Å²) in [5.41, 5.74) is 5.44. The van der Waals surface area contributed by atoms with Gasteiger partial charge in [0.2, 0.25) is 5.91 Å². The van der Waals surface area contributed by atoms with Gasteiger partial charge in [-0.05, 0) is 13.3 Å². The van der Waals surface area contributed by atoms with Gasteiger partial charge in [-0.25, -0.2) is 8.42 Å². The summed E-state index contributed by atoms with van der Waals surface area (Å²) < 4.78 is 22.5. The molecule has 1 atom stereocenters. The molecule has 82 valence electrons. The Morgan fingerprint density at radius 3 is 2.57 bits per heavy atom. The monoisotopic (exact) mass is 220 g/mol. The molecule has 6 heteroatoms. The van der Waals surface area contributed by atoms with Crippen LogP contribution < -0.4 is 5.73 Å². The van der Waals surface area contributed by atoms with E-state index in [9.17, 15) is 13.2 Å². The van der Waals surface area contributed by atoms with Crippen molar-refractivity contribution in [2.45, 2.75) is 19.4 Å². The molecule has 1 aliphatic heterocycles. The van der Waals surface area contributed by atoms with E-state index in [0.717, 1.165) is 0 Å². The molecule has 14 heavy (non-hydrogen) atoms. The molecular formula is C8H16N2O3S. The first-order valence-corrected chi connectivity index (χ1v) is 6.49. The van der Waals surface area contributed by atoms with Gasteiger partial charge < -0.3 is 10.6 Å². The van der Waals surface area contributed by atoms with Crippen LogP contribution >= 0.6 is 0 Å². The van der Waals surface area contributed by atoms with Gasteiger partial charge in [0.15, 0.2) is 9.84 Å². The highest BCUT2D eigenvalue weighted by atomic mass is 32.2. The number of carbonyl (C=O) groups is 1. The van der Waals surface area contributed by atoms with E-state index in [1.165, 1.54) is 4.90 Å². The van der Waals surface area contributed by atoms with E-state index in [1.54, 1.807) is 6.92 Å². The Morgan fingerprint density at radius 1 is 1.36 bits per heavy atom. The molecule has 1 heterocycles. The fraction of sp³-hybridized carbons (Fsp3) is 0.875. The third-order valence-electron chi connectivity index (χ3n) is 2.26. The zero-order valence-corrected chi connectivity index (χ0v) is 9.09. The second-order valence-electron chi connectivity index (χ2n) is 3.62. The van der Waals surface area contributed by atoms with E-state index in [0.29, 0.717) is 13.0 Å². The second-order valence-corrected chi connectivity index (χ2v) is 5.92. The summed E-state index contributed by atoms with van der Waals surface area (Å²) in [5.74, 6) is 0.0726. The maximum absolute atomic E-state index is 11.5. The lowest BCUT2D eigenvalue weighted by Crippen LogP contribution is -2.43. The first-order chi connectivity index (χ1) is 6.42. The molecule has 5 nitrogen and oxygen atoms in total. The normalized spacial score (nSPS) is 24.0. The zero-order chi connectivity index (χ0) is 10.8. The van der Waals surface area contributed by atoms with Crippen molar-refractivity contribution in [3.8, 4) is 0 Å². The Hall–Kier alpha value is -0.620. The van der Waals surface area contributed by atoms with Crippen molar-refractivity contribution in [1.29, 1.82) is 0 Å². The summed E-state index contributed by atoms with van der Waals surface area (Å²) in [5, 5.41) is 0. The molecule has 0 aliphatic carbocycles. The van der Waals surface area contributed by atoms with Gasteiger partial charge in [-0.1, -0.05) is 0 Å². The summed E-state index contributed by atoms with van der Waals surface area (Å²) >= 11 is 0. The van der Waals surface area contributed by atoms with Crippen LogP contribution in [0.5, 0.6) is 0 Å². The fourth-order valence-electron chi connectivity index (χ4n) is 1.45. The highest BCUT2D eigenvalue weighted by molar-refractivity contribution is 7.91. The van der Waals surface area contributed by atoms with Crippen LogP contribution in [0.1, 0.15) is 13.3 Å². The lowest BCUT2D eigenvalue weighted by molar-refractivity contribution is -0.131. The molecule has 0 spiro atoms. The van der Waals surface area contributed by atoms with E-state index < -0.39 is 15.9 Å². The van der Waals surface area contributed by atoms with Gasteiger partial charge >= 0.3 is 0 Å². The molecule has 0 aromatic carbocycles. The van der Waals surface area contributed by atoms with E-state index in [-0.39, 0.29) is 24.0 Å². The summed E-state index contributed by atoms with van der Waals surface area (Å²) in [6.07, 6.45) is 0.515. The molecular weight excluding hydrogens is 204 g/mol. The van der Waals surface area contributed by atoms with Crippen LogP contribution in [0.4, 0.5) is 0 Å². The van der Waals surface area contributed by atoms with Gasteiger partial charge in [0.25, 0.3) is 0 Å². The number of nitrogens with two attached hydrogens (primary N) is 1. The lowest BCUT2D eigenvalue weighted by Gasteiger charge is -2.21. The van der Waals surface area contributed by atoms with Gasteiger partial charge in [0.05, 0.1) is 17.5 Å². The van der Waals surface area contributed by atoms with Gasteiger partial charge in [-0.3, -0.25) is 4.79 Å². The van der Waals surface area contributed by atoms with Crippen LogP contribution in [0.3, 0.4) is 0 Å². The molecule has 0 aromatic rings. The van der Waals surface area contributed by atoms with Crippen molar-refractivity contribution in [1.82, 2.24) is 4.90 Å². The van der Waals surface area contributed by atoms with Crippen LogP contribution in [0.2, 0.25) is 0 Å². The molecule has 1 saturated heterocycles. The molecule has 0 bridgehead atoms. The molecule has 1 rings (SSSR count). The third-order valence-corrected chi connectivity index (χ3v) is 3.97. The maximum atomic E-state index is 11.5. The number of rotatable bonds is 1. The minimum Gasteiger partial charge on any atom is -0.340 e. The van der Waals surface area contributed by atoms with Crippen LogP contribution in [0, 0.1) is 0 Å². The number of sulfone groups is 1. The molecule has 2 N–H and O–H groups in total. The van der Waals surface area contributed by atoms with E-state index in [4.69, 9.17) is 5.73 Å². The van der Waals surface area contributed by atoms with E-state index in [2.05, 4.69) is 0 Å². The molecule has 0 unspecified atom stereocenters. The summed E-state index contributed by atoms with van der Waals surface area (Å²) in [7, 11) is -2.95. The van der Waals surface area contributed by atoms with Crippen molar-refractivity contribution in [3.63, 3.8) is 0 Å². The Bertz CT molecular complexity index is 311. The Kier molecular flexibility index (Phi) is 3.49. The zero-order valence-electron chi connectivity index (χ0n) is 8.27. The Balaban J connectivity index is 2.63. The molecule has 0 radical (unpaired) electrons. The fourth-order valence-corrected chi connectivity index (χ4v) is 2.72. The second kappa shape index (κ2) is 4.27. The van der Waals surface area contributed by atoms with Crippen LogP contribution in [-0.2, 0) is 14.6 Å². The predicted molar refractivity (Wildman–Crippen MR) is 53.5 cm³/mol. The van der Waals surface area contributed by atoms with Crippen molar-refractivity contribution >= 4 is 15.7 Å². The molecule has 1 fully saturated rings. The number of amides is 1. The average Bonchev–Trinajstić information content (AvgIpc) is 2.25. The third kappa shape index (κ3) is 2.95. The average molecular weight is 220 g/mol. The van der Waals surface area contributed by atoms with Crippen LogP contribution in [0.25, 0.3) is 0 Å². The minimum absolute atomic E-state index is 0.0610. The Labute approximate surface area is 84.2 Å². The molecule has 0 saturated carbocycles. The first-order valence-electron chi connectivity index (χ1n) is 4.67. The topological polar surface area (TPSA) is 80.5 Å². The highest BCUT2D eigenvalue weighted by Crippen LogP contribution is 2.05. The first kappa shape index (κ1) is 11.5. The van der Waals surface area contributed by atoms with Crippen molar-refractivity contribution < 1.29 is 13.2 Å². The number of hydrogen-bond donors (Lipinski definition) is 1. The maximum Gasteiger partial charge on any atom is 0.239 e. The summed E-state index contributed by atoms with van der Waals surface area (Å²) in [6, 6.07) is -0.546. The number of carbonyl (C=O) groups excluding carboxylic acids is 1. The van der Waals surface area contributed by atoms with Crippen LogP contribution in [-0.4, -0.2) is 49.9 Å². The van der Waals surface area contributed by atoms with Gasteiger partial charge in [-0.2, -0.15) is 0 Å². The van der Waals surface area contributed by atoms with Crippen molar-refractivity contribution in [2.75, 3.05) is 24.6 Å². The van der Waals surface area contributed by atoms with E-state index in [1.807, 2.05) is 0 Å². The summed E-state index contributed by atoms with van der Waals surface area (Å²) in [4.78, 5) is 13.0. The van der Waals surface area contributed by atoms with Gasteiger partial charge in [0.1, 0.15) is 0 Å². The van der Waals surface area contributed by atoms with Crippen LogP contribution in [0.15, 0.2) is 0 Å². The SMILES string of the molecule is C[C@H](N)C(=O)N1CCCS(=O)(=O)CC1. The predicted octanol–water partition coefficient (Wildman–Crippen LogP) is -1.02. The number of nitrogens with zero attached hydrogens (tertiary/aromatic N) is 1. The largest absolute Gasteiger partial charge is 0.340 e. The van der Waals surface area contributed by atoms with Gasteiger partial charge in [-0.15, -0.1) is 0 Å². The molecule has 1 aliphatic rings. The standard InChI is InChI=1S/C8H16N2O3S/c1-7(9)8(11)10-3-2-5-14(12,13)6-4-10/h7H,2-6,9H2,1H3/t7-/m0/s1. The summed E-state index contributed by atoms with van der Waals surface area (Å²) in [6.45, 7) is 2.39. The highest BCUT2D eigenvalue weighted by Gasteiger charge is 2.23. The minimum atomic E-state index is -2.95. The Morgan fingerprint density at radius 2 is 2.00 bits per heavy atom. The smallest absolute Gasteiger partial charge is 0.239 e. The molecule has 0 aromatic heterocycles.